The largest absolute Gasteiger partial charge is 0.454 e. The van der Waals surface area contributed by atoms with Gasteiger partial charge in [0.15, 0.2) is 11.5 Å². The molecule has 0 radical (unpaired) electrons. The van der Waals surface area contributed by atoms with Gasteiger partial charge >= 0.3 is 0 Å². The number of carbonyl (C=O) groups is 1. The minimum Gasteiger partial charge on any atom is -0.454 e. The van der Waals surface area contributed by atoms with Crippen LogP contribution in [0, 0.1) is 0 Å². The highest BCUT2D eigenvalue weighted by Crippen LogP contribution is 2.32. The number of fused-ring (bicyclic) bond motifs is 1. The van der Waals surface area contributed by atoms with Crippen LogP contribution in [0.3, 0.4) is 0 Å². The first-order valence-electron chi connectivity index (χ1n) is 7.36. The van der Waals surface area contributed by atoms with Crippen LogP contribution in [-0.4, -0.2) is 17.7 Å². The minimum absolute atomic E-state index is 0.177. The summed E-state index contributed by atoms with van der Waals surface area (Å²) in [6.45, 7) is 0.177. The summed E-state index contributed by atoms with van der Waals surface area (Å²) in [4.78, 5) is 16.7. The predicted octanol–water partition coefficient (Wildman–Crippen LogP) is 4.06. The maximum atomic E-state index is 12.2. The van der Waals surface area contributed by atoms with E-state index in [1.165, 1.54) is 11.3 Å². The van der Waals surface area contributed by atoms with Gasteiger partial charge in [0.05, 0.1) is 5.69 Å². The Morgan fingerprint density at radius 2 is 1.92 bits per heavy atom. The fourth-order valence-electron chi connectivity index (χ4n) is 2.30. The van der Waals surface area contributed by atoms with E-state index in [1.54, 1.807) is 18.2 Å². The van der Waals surface area contributed by atoms with Gasteiger partial charge in [-0.3, -0.25) is 15.6 Å². The summed E-state index contributed by atoms with van der Waals surface area (Å²) in [7, 11) is 0. The number of halogens is 1. The quantitative estimate of drug-likeness (QED) is 0.626. The number of benzene rings is 2. The molecule has 0 saturated carbocycles. The molecule has 2 heterocycles. The van der Waals surface area contributed by atoms with Crippen molar-refractivity contribution < 1.29 is 14.3 Å². The van der Waals surface area contributed by atoms with Crippen molar-refractivity contribution in [3.05, 3.63) is 57.9 Å². The molecule has 3 aromatic rings. The maximum absolute atomic E-state index is 12.2. The molecule has 2 aromatic carbocycles. The van der Waals surface area contributed by atoms with E-state index in [0.717, 1.165) is 15.7 Å². The minimum atomic E-state index is -0.279. The molecule has 0 unspecified atom stereocenters. The van der Waals surface area contributed by atoms with E-state index in [2.05, 4.69) is 31.8 Å². The molecule has 0 spiro atoms. The molecule has 0 fully saturated rings. The van der Waals surface area contributed by atoms with Crippen LogP contribution in [0.15, 0.2) is 52.3 Å². The zero-order valence-corrected chi connectivity index (χ0v) is 15.2. The Balaban J connectivity index is 1.41. The molecule has 1 aliphatic heterocycles. The first-order chi connectivity index (χ1) is 12.2. The zero-order chi connectivity index (χ0) is 17.2. The van der Waals surface area contributed by atoms with Gasteiger partial charge in [-0.05, 0) is 30.3 Å². The lowest BCUT2D eigenvalue weighted by Gasteiger charge is -2.06. The highest BCUT2D eigenvalue weighted by atomic mass is 79.9. The van der Waals surface area contributed by atoms with E-state index < -0.39 is 0 Å². The van der Waals surface area contributed by atoms with Gasteiger partial charge in [-0.1, -0.05) is 28.1 Å². The Morgan fingerprint density at radius 3 is 2.76 bits per heavy atom. The lowest BCUT2D eigenvalue weighted by molar-refractivity contribution is 0.0962. The standard InChI is InChI=1S/C17H12BrN3O3S/c18-12-4-1-10(2-5-12)13-8-25-17(19-13)21-20-16(22)11-3-6-14-15(7-11)24-9-23-14/h1-8H,9H2,(H,19,21)(H,20,22). The predicted molar refractivity (Wildman–Crippen MR) is 98.9 cm³/mol. The molecule has 25 heavy (non-hydrogen) atoms. The van der Waals surface area contributed by atoms with Crippen molar-refractivity contribution in [2.45, 2.75) is 0 Å². The van der Waals surface area contributed by atoms with Crippen LogP contribution in [-0.2, 0) is 0 Å². The van der Waals surface area contributed by atoms with Crippen molar-refractivity contribution in [3.63, 3.8) is 0 Å². The number of rotatable bonds is 4. The zero-order valence-electron chi connectivity index (χ0n) is 12.8. The third-order valence-corrected chi connectivity index (χ3v) is 4.85. The summed E-state index contributed by atoms with van der Waals surface area (Å²) in [5, 5.41) is 2.53. The van der Waals surface area contributed by atoms with Gasteiger partial charge in [-0.15, -0.1) is 11.3 Å². The van der Waals surface area contributed by atoms with Crippen LogP contribution < -0.4 is 20.3 Å². The Hall–Kier alpha value is -2.58. The number of hydrogen-bond acceptors (Lipinski definition) is 6. The molecule has 0 bridgehead atoms. The summed E-state index contributed by atoms with van der Waals surface area (Å²) < 4.78 is 11.5. The van der Waals surface area contributed by atoms with Crippen LogP contribution >= 0.6 is 27.3 Å². The second-order valence-electron chi connectivity index (χ2n) is 5.19. The number of hydrogen-bond donors (Lipinski definition) is 2. The molecule has 1 aromatic heterocycles. The van der Waals surface area contributed by atoms with Gasteiger partial charge in [0.2, 0.25) is 11.9 Å². The average molecular weight is 418 g/mol. The van der Waals surface area contributed by atoms with Gasteiger partial charge in [-0.25, -0.2) is 4.98 Å². The first kappa shape index (κ1) is 15.9. The van der Waals surface area contributed by atoms with Crippen LogP contribution in [0.1, 0.15) is 10.4 Å². The van der Waals surface area contributed by atoms with Crippen molar-refractivity contribution in [3.8, 4) is 22.8 Å². The van der Waals surface area contributed by atoms with E-state index >= 15 is 0 Å². The molecule has 0 saturated heterocycles. The van der Waals surface area contributed by atoms with Crippen molar-refractivity contribution in [1.29, 1.82) is 0 Å². The Labute approximate surface area is 155 Å². The van der Waals surface area contributed by atoms with E-state index in [4.69, 9.17) is 9.47 Å². The summed E-state index contributed by atoms with van der Waals surface area (Å²) in [5.74, 6) is 0.932. The van der Waals surface area contributed by atoms with E-state index in [-0.39, 0.29) is 12.7 Å². The van der Waals surface area contributed by atoms with Crippen LogP contribution in [0.5, 0.6) is 11.5 Å². The van der Waals surface area contributed by atoms with Gasteiger partial charge in [0.1, 0.15) is 0 Å². The number of ether oxygens (including phenoxy) is 2. The molecule has 8 heteroatoms. The monoisotopic (exact) mass is 417 g/mol. The number of thiazole rings is 1. The molecule has 6 nitrogen and oxygen atoms in total. The third-order valence-electron chi connectivity index (χ3n) is 3.56. The van der Waals surface area contributed by atoms with E-state index in [0.29, 0.717) is 22.2 Å². The molecule has 0 atom stereocenters. The summed E-state index contributed by atoms with van der Waals surface area (Å²) >= 11 is 4.82. The van der Waals surface area contributed by atoms with Gasteiger partial charge < -0.3 is 9.47 Å². The molecule has 2 N–H and O–H groups in total. The van der Waals surface area contributed by atoms with E-state index in [1.807, 2.05) is 29.6 Å². The molecule has 1 amide bonds. The van der Waals surface area contributed by atoms with Crippen molar-refractivity contribution in [2.24, 2.45) is 0 Å². The third kappa shape index (κ3) is 3.45. The number of carbonyl (C=O) groups excluding carboxylic acids is 1. The fraction of sp³-hybridized carbons (Fsp3) is 0.0588. The Bertz CT molecular complexity index is 927. The summed E-state index contributed by atoms with van der Waals surface area (Å²) in [6.07, 6.45) is 0. The molecular formula is C17H12BrN3O3S. The maximum Gasteiger partial charge on any atom is 0.269 e. The van der Waals surface area contributed by atoms with Gasteiger partial charge in [-0.2, -0.15) is 0 Å². The van der Waals surface area contributed by atoms with Gasteiger partial charge in [0, 0.05) is 21.0 Å². The Kier molecular flexibility index (Phi) is 4.29. The normalized spacial score (nSPS) is 12.0. The average Bonchev–Trinajstić information content (AvgIpc) is 3.29. The number of hydrazine groups is 1. The smallest absolute Gasteiger partial charge is 0.269 e. The number of nitrogens with one attached hydrogen (secondary N) is 2. The number of nitrogens with zero attached hydrogens (tertiary/aromatic N) is 1. The molecule has 1 aliphatic rings. The number of amides is 1. The highest BCUT2D eigenvalue weighted by Gasteiger charge is 2.16. The van der Waals surface area contributed by atoms with Crippen LogP contribution in [0.2, 0.25) is 0 Å². The SMILES string of the molecule is O=C(NNc1nc(-c2ccc(Br)cc2)cs1)c1ccc2c(c1)OCO2. The van der Waals surface area contributed by atoms with Crippen molar-refractivity contribution in [2.75, 3.05) is 12.2 Å². The number of aromatic nitrogens is 1. The molecular weight excluding hydrogens is 406 g/mol. The highest BCUT2D eigenvalue weighted by molar-refractivity contribution is 9.10. The number of anilines is 1. The fourth-order valence-corrected chi connectivity index (χ4v) is 3.24. The molecule has 4 rings (SSSR count). The van der Waals surface area contributed by atoms with Crippen LogP contribution in [0.25, 0.3) is 11.3 Å². The lowest BCUT2D eigenvalue weighted by atomic mass is 10.2. The van der Waals surface area contributed by atoms with Gasteiger partial charge in [0.25, 0.3) is 5.91 Å². The second kappa shape index (κ2) is 6.73. The topological polar surface area (TPSA) is 72.5 Å². The van der Waals surface area contributed by atoms with Crippen LogP contribution in [0.4, 0.5) is 5.13 Å². The summed E-state index contributed by atoms with van der Waals surface area (Å²) in [6, 6.07) is 12.9. The van der Waals surface area contributed by atoms with E-state index in [9.17, 15) is 4.79 Å². The van der Waals surface area contributed by atoms with Crippen molar-refractivity contribution in [1.82, 2.24) is 10.4 Å². The summed E-state index contributed by atoms with van der Waals surface area (Å²) in [5.41, 5.74) is 7.80. The second-order valence-corrected chi connectivity index (χ2v) is 6.97. The lowest BCUT2D eigenvalue weighted by Crippen LogP contribution is -2.29. The first-order valence-corrected chi connectivity index (χ1v) is 9.04. The molecule has 0 aliphatic carbocycles. The van der Waals surface area contributed by atoms with Crippen molar-refractivity contribution >= 4 is 38.3 Å². The Morgan fingerprint density at radius 1 is 1.12 bits per heavy atom. The molecule has 126 valence electrons.